The van der Waals surface area contributed by atoms with Gasteiger partial charge in [0.1, 0.15) is 5.56 Å². The average Bonchev–Trinajstić information content (AvgIpc) is 3.48. The summed E-state index contributed by atoms with van der Waals surface area (Å²) >= 11 is 0. The summed E-state index contributed by atoms with van der Waals surface area (Å²) in [7, 11) is -4.11. The number of aromatic nitrogens is 3. The molecule has 0 amide bonds. The minimum absolute atomic E-state index is 0.0292. The highest BCUT2D eigenvalue weighted by Gasteiger charge is 2.43. The summed E-state index contributed by atoms with van der Waals surface area (Å²) in [6, 6.07) is 24.6. The Morgan fingerprint density at radius 3 is 2.28 bits per heavy atom. The first-order valence-corrected chi connectivity index (χ1v) is 17.5. The molecular formula is C36H36F3N5O2S. The number of benzene rings is 3. The maximum atomic E-state index is 14.5. The number of halogens is 3. The van der Waals surface area contributed by atoms with E-state index in [1.165, 1.54) is 43.2 Å². The molecule has 3 aromatic carbocycles. The first-order chi connectivity index (χ1) is 22.6. The van der Waals surface area contributed by atoms with Crippen LogP contribution in [0.4, 0.5) is 19.1 Å². The maximum Gasteiger partial charge on any atom is 0.419 e. The van der Waals surface area contributed by atoms with Crippen LogP contribution in [0.5, 0.6) is 0 Å². The molecule has 1 saturated heterocycles. The van der Waals surface area contributed by atoms with E-state index in [1.54, 1.807) is 42.5 Å². The van der Waals surface area contributed by atoms with E-state index in [0.29, 0.717) is 11.9 Å². The lowest BCUT2D eigenvalue weighted by Crippen LogP contribution is -2.57. The monoisotopic (exact) mass is 659 g/mol. The predicted octanol–water partition coefficient (Wildman–Crippen LogP) is 8.13. The van der Waals surface area contributed by atoms with Crippen molar-refractivity contribution in [3.8, 4) is 11.3 Å². The van der Waals surface area contributed by atoms with Gasteiger partial charge < -0.3 is 5.32 Å². The molecule has 244 valence electrons. The number of fused-ring (bicyclic) bond motifs is 1. The molecule has 2 fully saturated rings. The number of rotatable bonds is 7. The highest BCUT2D eigenvalue weighted by molar-refractivity contribution is 7.90. The number of alkyl halides is 3. The molecule has 11 heteroatoms. The normalized spacial score (nSPS) is 18.8. The highest BCUT2D eigenvalue weighted by atomic mass is 32.2. The number of nitrogens with one attached hydrogen (secondary N) is 1. The van der Waals surface area contributed by atoms with Gasteiger partial charge in [-0.1, -0.05) is 86.0 Å². The molecule has 5 aromatic rings. The Labute approximate surface area is 272 Å². The molecule has 2 aliphatic rings. The second-order valence-electron chi connectivity index (χ2n) is 12.7. The molecule has 7 nitrogen and oxygen atoms in total. The topological polar surface area (TPSA) is 80.1 Å². The molecule has 47 heavy (non-hydrogen) atoms. The summed E-state index contributed by atoms with van der Waals surface area (Å²) in [6.07, 6.45) is 5.03. The summed E-state index contributed by atoms with van der Waals surface area (Å²) in [5.41, 5.74) is 0.271. The van der Waals surface area contributed by atoms with E-state index in [2.05, 4.69) is 32.3 Å². The van der Waals surface area contributed by atoms with Crippen molar-refractivity contribution in [1.82, 2.24) is 18.8 Å². The van der Waals surface area contributed by atoms with Crippen molar-refractivity contribution >= 4 is 26.9 Å². The maximum absolute atomic E-state index is 14.5. The van der Waals surface area contributed by atoms with Crippen molar-refractivity contribution in [2.24, 2.45) is 0 Å². The zero-order valence-electron chi connectivity index (χ0n) is 25.8. The van der Waals surface area contributed by atoms with Crippen molar-refractivity contribution in [3.63, 3.8) is 0 Å². The number of para-hydroxylation sites is 1. The van der Waals surface area contributed by atoms with Gasteiger partial charge in [0, 0.05) is 48.0 Å². The number of hydrogen-bond acceptors (Lipinski definition) is 6. The van der Waals surface area contributed by atoms with Crippen molar-refractivity contribution in [1.29, 1.82) is 0 Å². The van der Waals surface area contributed by atoms with Gasteiger partial charge >= 0.3 is 6.18 Å². The Morgan fingerprint density at radius 2 is 1.55 bits per heavy atom. The van der Waals surface area contributed by atoms with Gasteiger partial charge in [0.25, 0.3) is 10.0 Å². The van der Waals surface area contributed by atoms with E-state index in [-0.39, 0.29) is 39.2 Å². The van der Waals surface area contributed by atoms with Crippen LogP contribution in [-0.2, 0) is 22.7 Å². The van der Waals surface area contributed by atoms with E-state index in [1.807, 2.05) is 18.2 Å². The molecule has 1 aliphatic carbocycles. The third kappa shape index (κ3) is 6.14. The summed E-state index contributed by atoms with van der Waals surface area (Å²) in [6.45, 7) is 1.51. The quantitative estimate of drug-likeness (QED) is 0.190. The summed E-state index contributed by atoms with van der Waals surface area (Å²) in [5, 5.41) is 3.70. The SMILES string of the molecule is O=S(=O)(c1ccccc1)n1cc(-c2nc(NC3CCC4(CCCCC4)N(Cc4ccccc4)C3)ncc2C(F)(F)F)c2ccccc21. The minimum atomic E-state index is -4.76. The molecule has 1 unspecified atom stereocenters. The molecule has 1 spiro atoms. The minimum Gasteiger partial charge on any atom is -0.350 e. The lowest BCUT2D eigenvalue weighted by molar-refractivity contribution is -0.137. The molecule has 1 atom stereocenters. The predicted molar refractivity (Wildman–Crippen MR) is 176 cm³/mol. The van der Waals surface area contributed by atoms with Crippen LogP contribution in [0.1, 0.15) is 56.1 Å². The van der Waals surface area contributed by atoms with Crippen LogP contribution in [0, 0.1) is 0 Å². The summed E-state index contributed by atoms with van der Waals surface area (Å²) in [4.78, 5) is 11.2. The zero-order valence-corrected chi connectivity index (χ0v) is 26.6. The van der Waals surface area contributed by atoms with E-state index < -0.39 is 21.8 Å². The first-order valence-electron chi connectivity index (χ1n) is 16.0. The Hall–Kier alpha value is -4.22. The van der Waals surface area contributed by atoms with Crippen LogP contribution < -0.4 is 5.32 Å². The van der Waals surface area contributed by atoms with Gasteiger partial charge in [-0.25, -0.2) is 22.4 Å². The second kappa shape index (κ2) is 12.4. The zero-order chi connectivity index (χ0) is 32.6. The summed E-state index contributed by atoms with van der Waals surface area (Å²) in [5.74, 6) is 0.0833. The first kappa shape index (κ1) is 31.4. The Bertz CT molecular complexity index is 1970. The van der Waals surface area contributed by atoms with Crippen LogP contribution in [-0.4, -0.2) is 45.4 Å². The standard InChI is InChI=1S/C36H36F3N5O2S/c37-36(38,39)31-22-40-34(41-27-18-21-35(19-10-3-11-20-35)43(24-27)23-26-12-4-1-5-13-26)42-33(31)30-25-44(32-17-9-8-16-29(30)32)47(45,46)28-14-6-2-7-15-28/h1-2,4-9,12-17,22,25,27H,3,10-11,18-21,23-24H2,(H,40,41,42). The molecular weight excluding hydrogens is 623 g/mol. The van der Waals surface area contributed by atoms with Crippen LogP contribution >= 0.6 is 0 Å². The van der Waals surface area contributed by atoms with Gasteiger partial charge in [-0.2, -0.15) is 13.2 Å². The summed E-state index contributed by atoms with van der Waals surface area (Å²) < 4.78 is 71.8. The third-order valence-corrected chi connectivity index (χ3v) is 11.4. The van der Waals surface area contributed by atoms with Crippen molar-refractivity contribution in [3.05, 3.63) is 108 Å². The van der Waals surface area contributed by atoms with Gasteiger partial charge in [-0.15, -0.1) is 0 Å². The molecule has 7 rings (SSSR count). The smallest absolute Gasteiger partial charge is 0.350 e. The van der Waals surface area contributed by atoms with Crippen LogP contribution in [0.25, 0.3) is 22.2 Å². The van der Waals surface area contributed by atoms with Gasteiger partial charge in [0.15, 0.2) is 0 Å². The van der Waals surface area contributed by atoms with Gasteiger partial charge in [0.2, 0.25) is 5.95 Å². The molecule has 1 aliphatic heterocycles. The lowest BCUT2D eigenvalue weighted by Gasteiger charge is -2.52. The average molecular weight is 660 g/mol. The van der Waals surface area contributed by atoms with Crippen LogP contribution in [0.3, 0.4) is 0 Å². The Morgan fingerprint density at radius 1 is 0.872 bits per heavy atom. The van der Waals surface area contributed by atoms with Crippen LogP contribution in [0.15, 0.2) is 102 Å². The number of nitrogens with zero attached hydrogens (tertiary/aromatic N) is 4. The molecule has 3 heterocycles. The fourth-order valence-electron chi connectivity index (χ4n) is 7.37. The number of anilines is 1. The number of hydrogen-bond donors (Lipinski definition) is 1. The van der Waals surface area contributed by atoms with Crippen LogP contribution in [0.2, 0.25) is 0 Å². The van der Waals surface area contributed by atoms with Gasteiger partial charge in [-0.3, -0.25) is 4.90 Å². The van der Waals surface area contributed by atoms with Crippen molar-refractivity contribution < 1.29 is 21.6 Å². The lowest BCUT2D eigenvalue weighted by atomic mass is 9.73. The van der Waals surface area contributed by atoms with E-state index in [9.17, 15) is 21.6 Å². The molecule has 1 saturated carbocycles. The fourth-order valence-corrected chi connectivity index (χ4v) is 8.76. The number of likely N-dealkylation sites (tertiary alicyclic amines) is 1. The molecule has 0 radical (unpaired) electrons. The largest absolute Gasteiger partial charge is 0.419 e. The molecule has 0 bridgehead atoms. The third-order valence-electron chi connectivity index (χ3n) is 9.73. The molecule has 1 N–H and O–H groups in total. The number of piperidine rings is 1. The Kier molecular flexibility index (Phi) is 8.30. The van der Waals surface area contributed by atoms with E-state index in [4.69, 9.17) is 0 Å². The van der Waals surface area contributed by atoms with Crippen molar-refractivity contribution in [2.45, 2.75) is 74.1 Å². The highest BCUT2D eigenvalue weighted by Crippen LogP contribution is 2.43. The second-order valence-corrected chi connectivity index (χ2v) is 14.5. The van der Waals surface area contributed by atoms with Crippen molar-refractivity contribution in [2.75, 3.05) is 11.9 Å². The van der Waals surface area contributed by atoms with Gasteiger partial charge in [-0.05, 0) is 49.4 Å². The molecule has 2 aromatic heterocycles. The Balaban J connectivity index is 1.25. The van der Waals surface area contributed by atoms with Gasteiger partial charge in [0.05, 0.1) is 16.1 Å². The van der Waals surface area contributed by atoms with E-state index in [0.717, 1.165) is 42.4 Å². The fraction of sp³-hybridized carbons (Fsp3) is 0.333. The van der Waals surface area contributed by atoms with E-state index >= 15 is 0 Å².